The highest BCUT2D eigenvalue weighted by Crippen LogP contribution is 2.24. The lowest BCUT2D eigenvalue weighted by Crippen LogP contribution is -2.35. The Morgan fingerprint density at radius 2 is 1.87 bits per heavy atom. The predicted octanol–water partition coefficient (Wildman–Crippen LogP) is 4.93. The van der Waals surface area contributed by atoms with E-state index in [4.69, 9.17) is 0 Å². The molecule has 1 aromatic heterocycles. The van der Waals surface area contributed by atoms with Gasteiger partial charge in [-0.05, 0) is 74.6 Å². The summed E-state index contributed by atoms with van der Waals surface area (Å²) in [5, 5.41) is 4.51. The molecule has 1 aromatic rings. The number of piperidine rings is 1. The van der Waals surface area contributed by atoms with Crippen molar-refractivity contribution in [1.29, 1.82) is 0 Å². The van der Waals surface area contributed by atoms with Crippen LogP contribution in [0.15, 0.2) is 12.4 Å². The Kier molecular flexibility index (Phi) is 6.70. The van der Waals surface area contributed by atoms with Gasteiger partial charge in [0, 0.05) is 12.7 Å². The monoisotopic (exact) mass is 319 g/mol. The molecule has 0 spiro atoms. The standard InChI is InChI=1S/C20H37N3/c1-17(2)19-15-21-23(16-19)14-9-18-7-12-22(13-8-18)11-6-10-20(3,4)5/h15-18H,6-14H2,1-5H3. The summed E-state index contributed by atoms with van der Waals surface area (Å²) in [4.78, 5) is 2.67. The van der Waals surface area contributed by atoms with Gasteiger partial charge in [0.2, 0.25) is 0 Å². The maximum absolute atomic E-state index is 4.51. The first-order valence-corrected chi connectivity index (χ1v) is 9.58. The van der Waals surface area contributed by atoms with Crippen LogP contribution in [-0.4, -0.2) is 34.3 Å². The molecule has 0 radical (unpaired) electrons. The van der Waals surface area contributed by atoms with Gasteiger partial charge in [0.1, 0.15) is 0 Å². The summed E-state index contributed by atoms with van der Waals surface area (Å²) >= 11 is 0. The number of hydrogen-bond donors (Lipinski definition) is 0. The van der Waals surface area contributed by atoms with Gasteiger partial charge >= 0.3 is 0 Å². The molecule has 2 heterocycles. The van der Waals surface area contributed by atoms with Crippen molar-refractivity contribution in [1.82, 2.24) is 14.7 Å². The van der Waals surface area contributed by atoms with Crippen molar-refractivity contribution in [3.63, 3.8) is 0 Å². The van der Waals surface area contributed by atoms with Crippen molar-refractivity contribution in [2.45, 2.75) is 79.2 Å². The molecule has 1 saturated heterocycles. The van der Waals surface area contributed by atoms with Gasteiger partial charge in [-0.1, -0.05) is 34.6 Å². The summed E-state index contributed by atoms with van der Waals surface area (Å²) in [5.74, 6) is 1.47. The van der Waals surface area contributed by atoms with Crippen LogP contribution in [-0.2, 0) is 6.54 Å². The molecule has 1 aliphatic rings. The molecule has 1 fully saturated rings. The van der Waals surface area contributed by atoms with E-state index in [-0.39, 0.29) is 0 Å². The van der Waals surface area contributed by atoms with Crippen LogP contribution < -0.4 is 0 Å². The zero-order chi connectivity index (χ0) is 16.9. The molecule has 3 nitrogen and oxygen atoms in total. The minimum atomic E-state index is 0.483. The van der Waals surface area contributed by atoms with E-state index < -0.39 is 0 Å². The quantitative estimate of drug-likeness (QED) is 0.710. The molecule has 23 heavy (non-hydrogen) atoms. The molecule has 1 aliphatic heterocycles. The SMILES string of the molecule is CC(C)c1cnn(CCC2CCN(CCCC(C)(C)C)CC2)c1. The molecule has 0 N–H and O–H groups in total. The highest BCUT2D eigenvalue weighted by Gasteiger charge is 2.19. The summed E-state index contributed by atoms with van der Waals surface area (Å²) in [5.41, 5.74) is 1.84. The maximum atomic E-state index is 4.51. The number of hydrogen-bond acceptors (Lipinski definition) is 2. The van der Waals surface area contributed by atoms with Crippen molar-refractivity contribution < 1.29 is 0 Å². The average Bonchev–Trinajstić information content (AvgIpc) is 2.94. The Hall–Kier alpha value is -0.830. The number of nitrogens with zero attached hydrogens (tertiary/aromatic N) is 3. The molecular formula is C20H37N3. The molecule has 0 atom stereocenters. The van der Waals surface area contributed by atoms with Crippen LogP contribution >= 0.6 is 0 Å². The van der Waals surface area contributed by atoms with E-state index in [0.29, 0.717) is 11.3 Å². The van der Waals surface area contributed by atoms with Gasteiger partial charge in [-0.15, -0.1) is 0 Å². The Bertz CT molecular complexity index is 448. The van der Waals surface area contributed by atoms with E-state index >= 15 is 0 Å². The second-order valence-electron chi connectivity index (χ2n) is 8.93. The van der Waals surface area contributed by atoms with E-state index in [9.17, 15) is 0 Å². The van der Waals surface area contributed by atoms with Crippen molar-refractivity contribution in [2.75, 3.05) is 19.6 Å². The lowest BCUT2D eigenvalue weighted by molar-refractivity contribution is 0.166. The fourth-order valence-corrected chi connectivity index (χ4v) is 3.45. The Morgan fingerprint density at radius 3 is 2.43 bits per heavy atom. The third-order valence-electron chi connectivity index (χ3n) is 5.19. The van der Waals surface area contributed by atoms with Crippen molar-refractivity contribution >= 4 is 0 Å². The van der Waals surface area contributed by atoms with Crippen LogP contribution in [0.4, 0.5) is 0 Å². The minimum Gasteiger partial charge on any atom is -0.303 e. The second-order valence-corrected chi connectivity index (χ2v) is 8.93. The van der Waals surface area contributed by atoms with Crippen LogP contribution in [0, 0.1) is 11.3 Å². The third kappa shape index (κ3) is 6.66. The van der Waals surface area contributed by atoms with Crippen LogP contribution in [0.3, 0.4) is 0 Å². The molecular weight excluding hydrogens is 282 g/mol. The Labute approximate surface area is 143 Å². The molecule has 0 saturated carbocycles. The molecule has 3 heteroatoms. The maximum Gasteiger partial charge on any atom is 0.0524 e. The van der Waals surface area contributed by atoms with Gasteiger partial charge in [0.15, 0.2) is 0 Å². The summed E-state index contributed by atoms with van der Waals surface area (Å²) in [7, 11) is 0. The number of aryl methyl sites for hydroxylation is 1. The molecule has 0 aromatic carbocycles. The molecule has 132 valence electrons. The van der Waals surface area contributed by atoms with E-state index in [1.165, 1.54) is 57.3 Å². The lowest BCUT2D eigenvalue weighted by Gasteiger charge is -2.32. The summed E-state index contributed by atoms with van der Waals surface area (Å²) in [6.45, 7) is 16.5. The van der Waals surface area contributed by atoms with Crippen molar-refractivity contribution in [2.24, 2.45) is 11.3 Å². The minimum absolute atomic E-state index is 0.483. The Balaban J connectivity index is 1.62. The average molecular weight is 320 g/mol. The van der Waals surface area contributed by atoms with Crippen molar-refractivity contribution in [3.8, 4) is 0 Å². The fraction of sp³-hybridized carbons (Fsp3) is 0.850. The largest absolute Gasteiger partial charge is 0.303 e. The zero-order valence-corrected chi connectivity index (χ0v) is 16.0. The van der Waals surface area contributed by atoms with E-state index in [1.807, 2.05) is 6.20 Å². The summed E-state index contributed by atoms with van der Waals surface area (Å²) in [6.07, 6.45) is 11.0. The zero-order valence-electron chi connectivity index (χ0n) is 16.0. The highest BCUT2D eigenvalue weighted by molar-refractivity contribution is 5.08. The van der Waals surface area contributed by atoms with Gasteiger partial charge in [0.25, 0.3) is 0 Å². The normalized spacial score (nSPS) is 18.0. The van der Waals surface area contributed by atoms with E-state index in [1.54, 1.807) is 0 Å². The first-order chi connectivity index (χ1) is 10.8. The Morgan fingerprint density at radius 1 is 1.17 bits per heavy atom. The van der Waals surface area contributed by atoms with Gasteiger partial charge < -0.3 is 4.90 Å². The smallest absolute Gasteiger partial charge is 0.0524 e. The molecule has 0 bridgehead atoms. The van der Waals surface area contributed by atoms with Gasteiger partial charge in [-0.25, -0.2) is 0 Å². The summed E-state index contributed by atoms with van der Waals surface area (Å²) < 4.78 is 2.14. The topological polar surface area (TPSA) is 21.1 Å². The number of likely N-dealkylation sites (tertiary alicyclic amines) is 1. The third-order valence-corrected chi connectivity index (χ3v) is 5.19. The number of rotatable bonds is 7. The van der Waals surface area contributed by atoms with Gasteiger partial charge in [0.05, 0.1) is 6.20 Å². The van der Waals surface area contributed by atoms with Crippen LogP contribution in [0.25, 0.3) is 0 Å². The van der Waals surface area contributed by atoms with Crippen LogP contribution in [0.5, 0.6) is 0 Å². The van der Waals surface area contributed by atoms with Crippen molar-refractivity contribution in [3.05, 3.63) is 18.0 Å². The van der Waals surface area contributed by atoms with Crippen LogP contribution in [0.2, 0.25) is 0 Å². The van der Waals surface area contributed by atoms with E-state index in [0.717, 1.165) is 12.5 Å². The first kappa shape index (κ1) is 18.5. The first-order valence-electron chi connectivity index (χ1n) is 9.58. The molecule has 0 aliphatic carbocycles. The number of aromatic nitrogens is 2. The molecule has 0 amide bonds. The highest BCUT2D eigenvalue weighted by atomic mass is 15.3. The lowest BCUT2D eigenvalue weighted by atomic mass is 9.90. The molecule has 2 rings (SSSR count). The van der Waals surface area contributed by atoms with Gasteiger partial charge in [-0.2, -0.15) is 5.10 Å². The van der Waals surface area contributed by atoms with Gasteiger partial charge in [-0.3, -0.25) is 4.68 Å². The van der Waals surface area contributed by atoms with E-state index in [2.05, 4.69) is 55.5 Å². The summed E-state index contributed by atoms with van der Waals surface area (Å²) in [6, 6.07) is 0. The fourth-order valence-electron chi connectivity index (χ4n) is 3.45. The molecule has 0 unspecified atom stereocenters. The predicted molar refractivity (Wildman–Crippen MR) is 98.8 cm³/mol. The van der Waals surface area contributed by atoms with Crippen LogP contribution in [0.1, 0.15) is 78.2 Å². The second kappa shape index (κ2) is 8.32.